The number of rotatable bonds is 2. The summed E-state index contributed by atoms with van der Waals surface area (Å²) < 4.78 is 0. The van der Waals surface area contributed by atoms with Gasteiger partial charge in [-0.2, -0.15) is 0 Å². The van der Waals surface area contributed by atoms with E-state index in [1.54, 1.807) is 12.1 Å². The smallest absolute Gasteiger partial charge is 0.321 e. The Kier molecular flexibility index (Phi) is 3.09. The van der Waals surface area contributed by atoms with Crippen LogP contribution < -0.4 is 5.32 Å². The lowest BCUT2D eigenvalue weighted by Crippen LogP contribution is -2.44. The fourth-order valence-electron chi connectivity index (χ4n) is 3.32. The van der Waals surface area contributed by atoms with Gasteiger partial charge in [-0.15, -0.1) is 0 Å². The predicted molar refractivity (Wildman–Crippen MR) is 86.5 cm³/mol. The van der Waals surface area contributed by atoms with Crippen LogP contribution in [0.25, 0.3) is 10.9 Å². The van der Waals surface area contributed by atoms with Gasteiger partial charge in [0.25, 0.3) is 0 Å². The Labute approximate surface area is 132 Å². The Balaban J connectivity index is 1.89. The Morgan fingerprint density at radius 1 is 1.09 bits per heavy atom. The van der Waals surface area contributed by atoms with Crippen LogP contribution in [0, 0.1) is 0 Å². The highest BCUT2D eigenvalue weighted by Crippen LogP contribution is 2.35. The SMILES string of the molecule is O=C(O)[C@@H]1Cc2c([nH]c3ccccc23)[C@@H](c2ccc(O)cc2)N1. The lowest BCUT2D eigenvalue weighted by Gasteiger charge is -2.29. The second kappa shape index (κ2) is 5.14. The molecule has 0 amide bonds. The number of carboxylic acid groups (broad SMARTS) is 1. The van der Waals surface area contributed by atoms with E-state index < -0.39 is 12.0 Å². The molecule has 2 atom stereocenters. The highest BCUT2D eigenvalue weighted by Gasteiger charge is 2.33. The number of aliphatic carboxylic acids is 1. The monoisotopic (exact) mass is 308 g/mol. The lowest BCUT2D eigenvalue weighted by atomic mass is 9.90. The van der Waals surface area contributed by atoms with Gasteiger partial charge in [0.1, 0.15) is 11.8 Å². The number of para-hydroxylation sites is 1. The molecule has 1 aliphatic rings. The molecule has 2 aromatic carbocycles. The molecule has 116 valence electrons. The second-order valence-corrected chi connectivity index (χ2v) is 5.85. The van der Waals surface area contributed by atoms with E-state index in [9.17, 15) is 15.0 Å². The maximum absolute atomic E-state index is 11.5. The van der Waals surface area contributed by atoms with Crippen LogP contribution in [-0.2, 0) is 11.2 Å². The number of benzene rings is 2. The first-order valence-electron chi connectivity index (χ1n) is 7.51. The van der Waals surface area contributed by atoms with E-state index >= 15 is 0 Å². The molecular weight excluding hydrogens is 292 g/mol. The third kappa shape index (κ3) is 2.26. The minimum atomic E-state index is -0.857. The van der Waals surface area contributed by atoms with Gasteiger partial charge >= 0.3 is 5.97 Å². The number of H-pyrrole nitrogens is 1. The maximum Gasteiger partial charge on any atom is 0.321 e. The van der Waals surface area contributed by atoms with Crippen LogP contribution in [0.1, 0.15) is 22.9 Å². The van der Waals surface area contributed by atoms with E-state index in [2.05, 4.69) is 10.3 Å². The van der Waals surface area contributed by atoms with Crippen LogP contribution >= 0.6 is 0 Å². The zero-order chi connectivity index (χ0) is 16.0. The molecular formula is C18H16N2O3. The topological polar surface area (TPSA) is 85.3 Å². The summed E-state index contributed by atoms with van der Waals surface area (Å²) in [5.74, 6) is -0.666. The van der Waals surface area contributed by atoms with E-state index in [1.807, 2.05) is 36.4 Å². The normalized spacial score (nSPS) is 20.3. The highest BCUT2D eigenvalue weighted by atomic mass is 16.4. The zero-order valence-corrected chi connectivity index (χ0v) is 12.3. The lowest BCUT2D eigenvalue weighted by molar-refractivity contribution is -0.139. The first-order valence-corrected chi connectivity index (χ1v) is 7.51. The molecule has 5 nitrogen and oxygen atoms in total. The molecule has 5 heteroatoms. The predicted octanol–water partition coefficient (Wildman–Crippen LogP) is 2.56. The molecule has 0 radical (unpaired) electrons. The first kappa shape index (κ1) is 13.8. The van der Waals surface area contributed by atoms with Gasteiger partial charge in [0.05, 0.1) is 6.04 Å². The van der Waals surface area contributed by atoms with Crippen molar-refractivity contribution in [2.45, 2.75) is 18.5 Å². The molecule has 0 aliphatic carbocycles. The summed E-state index contributed by atoms with van der Waals surface area (Å²) in [5.41, 5.74) is 3.97. The average Bonchev–Trinajstić information content (AvgIpc) is 2.93. The summed E-state index contributed by atoms with van der Waals surface area (Å²) in [7, 11) is 0. The van der Waals surface area contributed by atoms with Gasteiger partial charge in [-0.05, 0) is 29.3 Å². The second-order valence-electron chi connectivity index (χ2n) is 5.85. The third-order valence-corrected chi connectivity index (χ3v) is 4.44. The zero-order valence-electron chi connectivity index (χ0n) is 12.3. The summed E-state index contributed by atoms with van der Waals surface area (Å²) in [6, 6.07) is 13.9. The first-order chi connectivity index (χ1) is 11.1. The van der Waals surface area contributed by atoms with Crippen molar-refractivity contribution in [2.24, 2.45) is 0 Å². The number of hydrogen-bond donors (Lipinski definition) is 4. The maximum atomic E-state index is 11.5. The van der Waals surface area contributed by atoms with Crippen molar-refractivity contribution < 1.29 is 15.0 Å². The summed E-state index contributed by atoms with van der Waals surface area (Å²) in [6.45, 7) is 0. The molecule has 1 aromatic heterocycles. The Bertz CT molecular complexity index is 883. The summed E-state index contributed by atoms with van der Waals surface area (Å²) in [5, 5.41) is 23.2. The summed E-state index contributed by atoms with van der Waals surface area (Å²) >= 11 is 0. The standard InChI is InChI=1S/C18H16N2O3/c21-11-7-5-10(6-8-11)16-17-13(9-15(20-16)18(22)23)12-3-1-2-4-14(12)19-17/h1-8,15-16,19-21H,9H2,(H,22,23)/t15-,16+/m0/s1. The van der Waals surface area contributed by atoms with Crippen molar-refractivity contribution in [3.8, 4) is 5.75 Å². The minimum absolute atomic E-state index is 0.191. The number of aromatic nitrogens is 1. The molecule has 0 spiro atoms. The van der Waals surface area contributed by atoms with E-state index in [-0.39, 0.29) is 11.8 Å². The molecule has 3 aromatic rings. The Morgan fingerprint density at radius 2 is 1.83 bits per heavy atom. The van der Waals surface area contributed by atoms with Crippen molar-refractivity contribution in [1.82, 2.24) is 10.3 Å². The number of carboxylic acids is 1. The van der Waals surface area contributed by atoms with Crippen molar-refractivity contribution in [3.63, 3.8) is 0 Å². The van der Waals surface area contributed by atoms with Gasteiger partial charge in [-0.25, -0.2) is 0 Å². The van der Waals surface area contributed by atoms with Crippen LogP contribution in [0.3, 0.4) is 0 Å². The van der Waals surface area contributed by atoms with Crippen LogP contribution in [0.4, 0.5) is 0 Å². The molecule has 1 aliphatic heterocycles. The van der Waals surface area contributed by atoms with Gasteiger partial charge < -0.3 is 15.2 Å². The van der Waals surface area contributed by atoms with Crippen molar-refractivity contribution >= 4 is 16.9 Å². The minimum Gasteiger partial charge on any atom is -0.508 e. The van der Waals surface area contributed by atoms with Gasteiger partial charge in [-0.1, -0.05) is 30.3 Å². The van der Waals surface area contributed by atoms with E-state index in [0.717, 1.165) is 27.7 Å². The molecule has 0 unspecified atom stereocenters. The molecule has 4 N–H and O–H groups in total. The highest BCUT2D eigenvalue weighted by molar-refractivity contribution is 5.87. The number of nitrogens with one attached hydrogen (secondary N) is 2. The molecule has 23 heavy (non-hydrogen) atoms. The van der Waals surface area contributed by atoms with E-state index in [1.165, 1.54) is 0 Å². The molecule has 0 saturated carbocycles. The number of phenolic OH excluding ortho intramolecular Hbond substituents is 1. The van der Waals surface area contributed by atoms with Crippen LogP contribution in [0.2, 0.25) is 0 Å². The number of aromatic amines is 1. The van der Waals surface area contributed by atoms with Crippen LogP contribution in [0.5, 0.6) is 5.75 Å². The van der Waals surface area contributed by atoms with Crippen molar-refractivity contribution in [3.05, 3.63) is 65.4 Å². The molecule has 2 heterocycles. The number of aromatic hydroxyl groups is 1. The van der Waals surface area contributed by atoms with Gasteiger partial charge in [-0.3, -0.25) is 10.1 Å². The number of phenols is 1. The van der Waals surface area contributed by atoms with Crippen molar-refractivity contribution in [2.75, 3.05) is 0 Å². The van der Waals surface area contributed by atoms with Crippen LogP contribution in [-0.4, -0.2) is 27.2 Å². The van der Waals surface area contributed by atoms with E-state index in [4.69, 9.17) is 0 Å². The van der Waals surface area contributed by atoms with E-state index in [0.29, 0.717) is 6.42 Å². The van der Waals surface area contributed by atoms with Crippen molar-refractivity contribution in [1.29, 1.82) is 0 Å². The molecule has 4 rings (SSSR count). The number of hydrogen-bond acceptors (Lipinski definition) is 3. The Hall–Kier alpha value is -2.79. The molecule has 0 saturated heterocycles. The third-order valence-electron chi connectivity index (χ3n) is 4.44. The van der Waals surface area contributed by atoms with Gasteiger partial charge in [0.2, 0.25) is 0 Å². The molecule has 0 bridgehead atoms. The summed E-state index contributed by atoms with van der Waals surface area (Å²) in [4.78, 5) is 15.0. The molecule has 0 fully saturated rings. The van der Waals surface area contributed by atoms with Gasteiger partial charge in [0.15, 0.2) is 0 Å². The number of carbonyl (C=O) groups is 1. The largest absolute Gasteiger partial charge is 0.508 e. The average molecular weight is 308 g/mol. The number of fused-ring (bicyclic) bond motifs is 3. The fraction of sp³-hybridized carbons (Fsp3) is 0.167. The van der Waals surface area contributed by atoms with Gasteiger partial charge in [0, 0.05) is 23.0 Å². The quantitative estimate of drug-likeness (QED) is 0.586. The Morgan fingerprint density at radius 3 is 2.57 bits per heavy atom. The van der Waals surface area contributed by atoms with Crippen LogP contribution in [0.15, 0.2) is 48.5 Å². The fourth-order valence-corrected chi connectivity index (χ4v) is 3.32. The summed E-state index contributed by atoms with van der Waals surface area (Å²) in [6.07, 6.45) is 0.448.